The van der Waals surface area contributed by atoms with Crippen LogP contribution in [0.1, 0.15) is 17.0 Å². The van der Waals surface area contributed by atoms with Crippen LogP contribution in [0.3, 0.4) is 0 Å². The van der Waals surface area contributed by atoms with Crippen LogP contribution in [-0.4, -0.2) is 16.5 Å². The van der Waals surface area contributed by atoms with Crippen LogP contribution in [0.2, 0.25) is 0 Å². The Bertz CT molecular complexity index is 571. The lowest BCUT2D eigenvalue weighted by molar-refractivity contribution is -0.144. The molecule has 4 nitrogen and oxygen atoms in total. The number of anilines is 1. The quantitative estimate of drug-likeness (QED) is 0.920. The van der Waals surface area contributed by atoms with Crippen molar-refractivity contribution in [3.8, 4) is 0 Å². The van der Waals surface area contributed by atoms with Gasteiger partial charge in [-0.3, -0.25) is 0 Å². The molecule has 1 aromatic heterocycles. The van der Waals surface area contributed by atoms with Crippen molar-refractivity contribution in [3.63, 3.8) is 0 Å². The lowest BCUT2D eigenvalue weighted by atomic mass is 10.1. The normalized spacial score (nSPS) is 11.6. The molecule has 0 amide bonds. The number of nitrogens with zero attached hydrogens (tertiary/aromatic N) is 2. The molecule has 0 radical (unpaired) electrons. The van der Waals surface area contributed by atoms with E-state index in [9.17, 15) is 13.2 Å². The van der Waals surface area contributed by atoms with Crippen molar-refractivity contribution < 1.29 is 17.9 Å². The van der Waals surface area contributed by atoms with E-state index in [-0.39, 0.29) is 5.13 Å². The fourth-order valence-electron chi connectivity index (χ4n) is 1.58. The molecule has 0 fully saturated rings. The molecule has 8 heteroatoms. The Morgan fingerprint density at radius 1 is 1.30 bits per heavy atom. The fraction of sp³-hybridized carbons (Fsp3) is 0.333. The maximum absolute atomic E-state index is 12.3. The minimum Gasteiger partial charge on any atom is -0.380 e. The number of hydrogen-bond donors (Lipinski definition) is 1. The van der Waals surface area contributed by atoms with E-state index >= 15 is 0 Å². The number of aromatic nitrogens is 2. The van der Waals surface area contributed by atoms with Gasteiger partial charge in [0.2, 0.25) is 11.0 Å². The Balaban J connectivity index is 1.98. The molecule has 0 aliphatic rings. The molecule has 0 aliphatic carbocycles. The van der Waals surface area contributed by atoms with Crippen LogP contribution in [0.4, 0.5) is 18.3 Å². The van der Waals surface area contributed by atoms with Crippen molar-refractivity contribution >= 4 is 16.7 Å². The van der Waals surface area contributed by atoms with Gasteiger partial charge in [-0.1, -0.05) is 24.3 Å². The lowest BCUT2D eigenvalue weighted by Crippen LogP contribution is -2.07. The Labute approximate surface area is 117 Å². The molecular weight excluding hydrogens is 291 g/mol. The lowest BCUT2D eigenvalue weighted by Gasteiger charge is -2.05. The second-order valence-electron chi connectivity index (χ2n) is 4.03. The number of nitrogens with one attached hydrogen (secondary N) is 1. The van der Waals surface area contributed by atoms with E-state index in [1.807, 2.05) is 24.3 Å². The Kier molecular flexibility index (Phi) is 4.56. The van der Waals surface area contributed by atoms with E-state index in [0.717, 1.165) is 11.1 Å². The van der Waals surface area contributed by atoms with Gasteiger partial charge in [0.15, 0.2) is 0 Å². The fourth-order valence-corrected chi connectivity index (χ4v) is 2.17. The smallest absolute Gasteiger partial charge is 0.380 e. The van der Waals surface area contributed by atoms with Gasteiger partial charge in [-0.05, 0) is 11.1 Å². The van der Waals surface area contributed by atoms with E-state index in [1.165, 1.54) is 0 Å². The molecule has 20 heavy (non-hydrogen) atoms. The Morgan fingerprint density at radius 2 is 2.05 bits per heavy atom. The minimum absolute atomic E-state index is 0.148. The summed E-state index contributed by atoms with van der Waals surface area (Å²) in [4.78, 5) is 3.40. The molecule has 2 aromatic rings. The van der Waals surface area contributed by atoms with Crippen LogP contribution in [0.15, 0.2) is 24.3 Å². The van der Waals surface area contributed by atoms with E-state index in [2.05, 4.69) is 14.7 Å². The standard InChI is InChI=1S/C12H12F3N3OS/c1-19-7-9-4-2-3-8(5-9)6-16-11-17-10(18-20-11)12(13,14)15/h2-5H,6-7H2,1H3,(H,16,17,18). The largest absolute Gasteiger partial charge is 0.452 e. The molecule has 0 unspecified atom stereocenters. The third-order valence-corrected chi connectivity index (χ3v) is 3.10. The van der Waals surface area contributed by atoms with Crippen LogP contribution in [0.5, 0.6) is 0 Å². The van der Waals surface area contributed by atoms with Crippen molar-refractivity contribution in [3.05, 3.63) is 41.2 Å². The van der Waals surface area contributed by atoms with Crippen molar-refractivity contribution in [2.45, 2.75) is 19.3 Å². The third kappa shape index (κ3) is 3.91. The van der Waals surface area contributed by atoms with Crippen LogP contribution in [0, 0.1) is 0 Å². The predicted molar refractivity (Wildman–Crippen MR) is 69.4 cm³/mol. The highest BCUT2D eigenvalue weighted by atomic mass is 32.1. The first-order valence-electron chi connectivity index (χ1n) is 5.70. The molecule has 0 spiro atoms. The van der Waals surface area contributed by atoms with E-state index in [1.54, 1.807) is 7.11 Å². The third-order valence-electron chi connectivity index (χ3n) is 2.43. The number of methoxy groups -OCH3 is 1. The van der Waals surface area contributed by atoms with E-state index < -0.39 is 12.0 Å². The molecule has 1 N–H and O–H groups in total. The molecule has 1 heterocycles. The summed E-state index contributed by atoms with van der Waals surface area (Å²) in [6.07, 6.45) is -4.51. The van der Waals surface area contributed by atoms with Gasteiger partial charge in [0, 0.05) is 25.2 Å². The summed E-state index contributed by atoms with van der Waals surface area (Å²) in [6.45, 7) is 0.870. The van der Waals surface area contributed by atoms with Crippen LogP contribution in [0.25, 0.3) is 0 Å². The molecule has 0 aliphatic heterocycles. The van der Waals surface area contributed by atoms with Gasteiger partial charge in [-0.15, -0.1) is 0 Å². The van der Waals surface area contributed by atoms with Gasteiger partial charge < -0.3 is 10.1 Å². The summed E-state index contributed by atoms with van der Waals surface area (Å²) in [5.74, 6) is -1.11. The Hall–Kier alpha value is -1.67. The van der Waals surface area contributed by atoms with Gasteiger partial charge in [0.25, 0.3) is 0 Å². The maximum atomic E-state index is 12.3. The van der Waals surface area contributed by atoms with E-state index in [0.29, 0.717) is 24.7 Å². The van der Waals surface area contributed by atoms with Crippen LogP contribution < -0.4 is 5.32 Å². The van der Waals surface area contributed by atoms with E-state index in [4.69, 9.17) is 4.74 Å². The van der Waals surface area contributed by atoms with Gasteiger partial charge >= 0.3 is 6.18 Å². The van der Waals surface area contributed by atoms with Gasteiger partial charge in [0.05, 0.1) is 6.61 Å². The van der Waals surface area contributed by atoms with Crippen molar-refractivity contribution in [1.29, 1.82) is 0 Å². The molecule has 108 valence electrons. The number of rotatable bonds is 5. The Morgan fingerprint density at radius 3 is 2.70 bits per heavy atom. The highest BCUT2D eigenvalue weighted by Gasteiger charge is 2.36. The second-order valence-corrected chi connectivity index (χ2v) is 4.78. The number of halogens is 3. The van der Waals surface area contributed by atoms with Crippen LogP contribution >= 0.6 is 11.5 Å². The average Bonchev–Trinajstić information content (AvgIpc) is 2.86. The van der Waals surface area contributed by atoms with Gasteiger partial charge in [-0.25, -0.2) is 0 Å². The molecule has 0 saturated carbocycles. The first-order chi connectivity index (χ1) is 9.49. The van der Waals surface area contributed by atoms with Gasteiger partial charge in [-0.2, -0.15) is 22.5 Å². The molecule has 0 bridgehead atoms. The first-order valence-corrected chi connectivity index (χ1v) is 6.48. The number of benzene rings is 1. The number of alkyl halides is 3. The SMILES string of the molecule is COCc1cccc(CNc2nc(C(F)(F)F)ns2)c1. The van der Waals surface area contributed by atoms with Crippen molar-refractivity contribution in [1.82, 2.24) is 9.36 Å². The summed E-state index contributed by atoms with van der Waals surface area (Å²) < 4.78 is 45.3. The zero-order valence-corrected chi connectivity index (χ0v) is 11.4. The van der Waals surface area contributed by atoms with Gasteiger partial charge in [0.1, 0.15) is 0 Å². The number of hydrogen-bond acceptors (Lipinski definition) is 5. The number of ether oxygens (including phenoxy) is 1. The summed E-state index contributed by atoms with van der Waals surface area (Å²) in [6, 6.07) is 7.58. The topological polar surface area (TPSA) is 47.0 Å². The van der Waals surface area contributed by atoms with Crippen LogP contribution in [-0.2, 0) is 24.1 Å². The zero-order chi connectivity index (χ0) is 14.6. The summed E-state index contributed by atoms with van der Waals surface area (Å²) in [5, 5.41) is 2.97. The maximum Gasteiger partial charge on any atom is 0.452 e. The minimum atomic E-state index is -4.51. The average molecular weight is 303 g/mol. The zero-order valence-electron chi connectivity index (χ0n) is 10.6. The molecule has 0 atom stereocenters. The van der Waals surface area contributed by atoms with Crippen molar-refractivity contribution in [2.24, 2.45) is 0 Å². The highest BCUT2D eigenvalue weighted by molar-refractivity contribution is 7.09. The summed E-state index contributed by atoms with van der Waals surface area (Å²) >= 11 is 0.693. The molecule has 2 rings (SSSR count). The summed E-state index contributed by atoms with van der Waals surface area (Å²) in [7, 11) is 1.60. The highest BCUT2D eigenvalue weighted by Crippen LogP contribution is 2.29. The first kappa shape index (κ1) is 14.7. The summed E-state index contributed by atoms with van der Waals surface area (Å²) in [5.41, 5.74) is 1.93. The predicted octanol–water partition coefficient (Wildman–Crippen LogP) is 3.32. The molecule has 1 aromatic carbocycles. The molecule has 0 saturated heterocycles. The monoisotopic (exact) mass is 303 g/mol. The molecular formula is C12H12F3N3OS. The van der Waals surface area contributed by atoms with Crippen molar-refractivity contribution in [2.75, 3.05) is 12.4 Å². The second kappa shape index (κ2) is 6.19.